The number of amides is 4. The molecule has 3 rings (SSSR count). The molecule has 34 heavy (non-hydrogen) atoms. The second kappa shape index (κ2) is 11.5. The number of furan rings is 1. The maximum atomic E-state index is 13.1. The van der Waals surface area contributed by atoms with Gasteiger partial charge in [-0.1, -0.05) is 50.6 Å². The van der Waals surface area contributed by atoms with Crippen LogP contribution in [0.25, 0.3) is 0 Å². The first kappa shape index (κ1) is 24.2. The standard InChI is InChI=1S/C25H26N4O5/c1-3-16(2)21(25(33)29-28-22(30)17-10-5-4-6-11-17)27-23(31)18-12-7-8-13-19(18)26-24(32)20-14-9-15-34-20/h4-16,21H,3H2,1-2H3,(H,26,32)(H,27,31)(H,28,30)(H,29,33)/t16-,21-/m1/s1. The highest BCUT2D eigenvalue weighted by Crippen LogP contribution is 2.18. The van der Waals surface area contributed by atoms with Gasteiger partial charge in [0.05, 0.1) is 17.5 Å². The summed E-state index contributed by atoms with van der Waals surface area (Å²) in [7, 11) is 0. The summed E-state index contributed by atoms with van der Waals surface area (Å²) in [5.74, 6) is -2.24. The molecular weight excluding hydrogens is 436 g/mol. The van der Waals surface area contributed by atoms with E-state index in [1.54, 1.807) is 54.6 Å². The number of carbonyl (C=O) groups excluding carboxylic acids is 4. The second-order valence-electron chi connectivity index (χ2n) is 7.62. The number of rotatable bonds is 8. The molecule has 176 valence electrons. The number of para-hydroxylation sites is 1. The van der Waals surface area contributed by atoms with E-state index < -0.39 is 29.7 Å². The Morgan fingerprint density at radius 2 is 1.53 bits per heavy atom. The number of carbonyl (C=O) groups is 4. The minimum absolute atomic E-state index is 0.0984. The van der Waals surface area contributed by atoms with Crippen LogP contribution in [-0.2, 0) is 4.79 Å². The van der Waals surface area contributed by atoms with Crippen molar-refractivity contribution in [3.8, 4) is 0 Å². The highest BCUT2D eigenvalue weighted by Gasteiger charge is 2.28. The van der Waals surface area contributed by atoms with E-state index in [0.717, 1.165) is 0 Å². The quantitative estimate of drug-likeness (QED) is 0.382. The number of benzene rings is 2. The van der Waals surface area contributed by atoms with Gasteiger partial charge in [0.2, 0.25) is 0 Å². The minimum Gasteiger partial charge on any atom is -0.459 e. The molecular formula is C25H26N4O5. The third kappa shape index (κ3) is 6.10. The van der Waals surface area contributed by atoms with Crippen molar-refractivity contribution in [1.29, 1.82) is 0 Å². The van der Waals surface area contributed by atoms with Crippen LogP contribution in [0.1, 0.15) is 51.5 Å². The summed E-state index contributed by atoms with van der Waals surface area (Å²) in [4.78, 5) is 50.5. The van der Waals surface area contributed by atoms with Crippen LogP contribution in [0, 0.1) is 5.92 Å². The Hall–Kier alpha value is -4.40. The van der Waals surface area contributed by atoms with E-state index in [-0.39, 0.29) is 22.9 Å². The van der Waals surface area contributed by atoms with Crippen molar-refractivity contribution in [3.05, 3.63) is 89.9 Å². The van der Waals surface area contributed by atoms with E-state index in [9.17, 15) is 19.2 Å². The van der Waals surface area contributed by atoms with Gasteiger partial charge in [0, 0.05) is 5.56 Å². The van der Waals surface area contributed by atoms with Crippen molar-refractivity contribution in [1.82, 2.24) is 16.2 Å². The van der Waals surface area contributed by atoms with Crippen molar-refractivity contribution < 1.29 is 23.6 Å². The van der Waals surface area contributed by atoms with E-state index in [0.29, 0.717) is 12.0 Å². The average Bonchev–Trinajstić information content (AvgIpc) is 3.41. The zero-order chi connectivity index (χ0) is 24.5. The average molecular weight is 463 g/mol. The van der Waals surface area contributed by atoms with Crippen LogP contribution < -0.4 is 21.5 Å². The molecule has 4 amide bonds. The maximum Gasteiger partial charge on any atom is 0.291 e. The van der Waals surface area contributed by atoms with E-state index in [2.05, 4.69) is 21.5 Å². The van der Waals surface area contributed by atoms with Crippen molar-refractivity contribution in [2.75, 3.05) is 5.32 Å². The Bertz CT molecular complexity index is 1150. The van der Waals surface area contributed by atoms with Crippen molar-refractivity contribution in [3.63, 3.8) is 0 Å². The van der Waals surface area contributed by atoms with Gasteiger partial charge in [-0.2, -0.15) is 0 Å². The van der Waals surface area contributed by atoms with Gasteiger partial charge in [-0.3, -0.25) is 30.0 Å². The first-order chi connectivity index (χ1) is 16.4. The summed E-state index contributed by atoms with van der Waals surface area (Å²) in [6.07, 6.45) is 1.97. The third-order valence-corrected chi connectivity index (χ3v) is 5.28. The van der Waals surface area contributed by atoms with Crippen molar-refractivity contribution in [2.24, 2.45) is 5.92 Å². The van der Waals surface area contributed by atoms with Gasteiger partial charge < -0.3 is 15.1 Å². The Balaban J connectivity index is 1.70. The largest absolute Gasteiger partial charge is 0.459 e. The van der Waals surface area contributed by atoms with Gasteiger partial charge in [0.15, 0.2) is 5.76 Å². The van der Waals surface area contributed by atoms with E-state index >= 15 is 0 Å². The summed E-state index contributed by atoms with van der Waals surface area (Å²) in [6.45, 7) is 3.70. The van der Waals surface area contributed by atoms with Gasteiger partial charge in [0.1, 0.15) is 6.04 Å². The topological polar surface area (TPSA) is 130 Å². The number of hydrogen-bond donors (Lipinski definition) is 4. The predicted molar refractivity (Wildman–Crippen MR) is 126 cm³/mol. The molecule has 0 bridgehead atoms. The summed E-state index contributed by atoms with van der Waals surface area (Å²) < 4.78 is 5.09. The monoisotopic (exact) mass is 462 g/mol. The summed E-state index contributed by atoms with van der Waals surface area (Å²) in [5.41, 5.74) is 5.58. The Labute approximate surface area is 196 Å². The lowest BCUT2D eigenvalue weighted by atomic mass is 9.98. The molecule has 2 atom stereocenters. The van der Waals surface area contributed by atoms with Gasteiger partial charge >= 0.3 is 0 Å². The molecule has 0 radical (unpaired) electrons. The Morgan fingerprint density at radius 1 is 0.824 bits per heavy atom. The molecule has 0 fully saturated rings. The van der Waals surface area contributed by atoms with Gasteiger partial charge in [0.25, 0.3) is 23.6 Å². The van der Waals surface area contributed by atoms with Gasteiger partial charge in [-0.15, -0.1) is 0 Å². The summed E-state index contributed by atoms with van der Waals surface area (Å²) in [6, 6.07) is 17.0. The number of hydrazine groups is 1. The van der Waals surface area contributed by atoms with Crippen LogP contribution in [-0.4, -0.2) is 29.7 Å². The minimum atomic E-state index is -0.928. The fraction of sp³-hybridized carbons (Fsp3) is 0.200. The smallest absolute Gasteiger partial charge is 0.291 e. The first-order valence-corrected chi connectivity index (χ1v) is 10.8. The number of anilines is 1. The zero-order valence-electron chi connectivity index (χ0n) is 18.8. The Morgan fingerprint density at radius 3 is 2.21 bits per heavy atom. The molecule has 0 spiro atoms. The van der Waals surface area contributed by atoms with E-state index in [1.807, 2.05) is 13.8 Å². The van der Waals surface area contributed by atoms with E-state index in [1.165, 1.54) is 18.4 Å². The molecule has 0 aliphatic heterocycles. The molecule has 9 nitrogen and oxygen atoms in total. The third-order valence-electron chi connectivity index (χ3n) is 5.28. The molecule has 0 unspecified atom stereocenters. The molecule has 1 aromatic heterocycles. The lowest BCUT2D eigenvalue weighted by Crippen LogP contribution is -2.54. The fourth-order valence-corrected chi connectivity index (χ4v) is 3.16. The van der Waals surface area contributed by atoms with E-state index in [4.69, 9.17) is 4.42 Å². The maximum absolute atomic E-state index is 13.1. The summed E-state index contributed by atoms with van der Waals surface area (Å²) in [5, 5.41) is 5.37. The highest BCUT2D eigenvalue weighted by atomic mass is 16.3. The Kier molecular flexibility index (Phi) is 8.17. The second-order valence-corrected chi connectivity index (χ2v) is 7.62. The SMILES string of the molecule is CC[C@@H](C)[C@@H](NC(=O)c1ccccc1NC(=O)c1ccco1)C(=O)NNC(=O)c1ccccc1. The van der Waals surface area contributed by atoms with Gasteiger partial charge in [-0.05, 0) is 42.3 Å². The molecule has 1 heterocycles. The predicted octanol–water partition coefficient (Wildman–Crippen LogP) is 3.14. The molecule has 0 saturated heterocycles. The molecule has 0 saturated carbocycles. The first-order valence-electron chi connectivity index (χ1n) is 10.8. The lowest BCUT2D eigenvalue weighted by molar-refractivity contribution is -0.124. The molecule has 2 aromatic carbocycles. The van der Waals surface area contributed by atoms with Gasteiger partial charge in [-0.25, -0.2) is 0 Å². The fourth-order valence-electron chi connectivity index (χ4n) is 3.16. The molecule has 4 N–H and O–H groups in total. The van der Waals surface area contributed by atoms with Crippen LogP contribution >= 0.6 is 0 Å². The van der Waals surface area contributed by atoms with Crippen LogP contribution in [0.5, 0.6) is 0 Å². The molecule has 0 aliphatic carbocycles. The van der Waals surface area contributed by atoms with Crippen LogP contribution in [0.4, 0.5) is 5.69 Å². The molecule has 3 aromatic rings. The zero-order valence-corrected chi connectivity index (χ0v) is 18.8. The molecule has 9 heteroatoms. The number of hydrogen-bond acceptors (Lipinski definition) is 5. The van der Waals surface area contributed by atoms with Crippen LogP contribution in [0.15, 0.2) is 77.4 Å². The van der Waals surface area contributed by atoms with Crippen molar-refractivity contribution >= 4 is 29.3 Å². The van der Waals surface area contributed by atoms with Crippen molar-refractivity contribution in [2.45, 2.75) is 26.3 Å². The highest BCUT2D eigenvalue weighted by molar-refractivity contribution is 6.08. The summed E-state index contributed by atoms with van der Waals surface area (Å²) >= 11 is 0. The number of nitrogens with one attached hydrogen (secondary N) is 4. The lowest BCUT2D eigenvalue weighted by Gasteiger charge is -2.24. The molecule has 0 aliphatic rings. The van der Waals surface area contributed by atoms with Crippen LogP contribution in [0.3, 0.4) is 0 Å². The normalized spacial score (nSPS) is 12.2. The van der Waals surface area contributed by atoms with Crippen LogP contribution in [0.2, 0.25) is 0 Å².